The third-order valence-corrected chi connectivity index (χ3v) is 2.79. The van der Waals surface area contributed by atoms with E-state index in [4.69, 9.17) is 9.84 Å². The summed E-state index contributed by atoms with van der Waals surface area (Å²) in [6, 6.07) is 4.03. The Labute approximate surface area is 82.9 Å². The minimum Gasteiger partial charge on any atom is -0.496 e. The Hall–Kier alpha value is -0.670. The van der Waals surface area contributed by atoms with Crippen molar-refractivity contribution < 1.29 is 9.84 Å². The second kappa shape index (κ2) is 4.53. The molecule has 0 heterocycles. The van der Waals surface area contributed by atoms with E-state index in [1.54, 1.807) is 7.11 Å². The summed E-state index contributed by atoms with van der Waals surface area (Å²) in [6.45, 7) is 4.01. The van der Waals surface area contributed by atoms with Crippen LogP contribution in [0.5, 0.6) is 5.75 Å². The molecule has 1 N–H and O–H groups in total. The lowest BCUT2D eigenvalue weighted by atomic mass is 10.1. The molecule has 0 fully saturated rings. The van der Waals surface area contributed by atoms with Crippen LogP contribution in [0.25, 0.3) is 0 Å². The maximum Gasteiger partial charge on any atom is 0.122 e. The first-order valence-electron chi connectivity index (χ1n) is 4.08. The third-order valence-electron chi connectivity index (χ3n) is 1.91. The van der Waals surface area contributed by atoms with Crippen molar-refractivity contribution in [3.05, 3.63) is 23.3 Å². The van der Waals surface area contributed by atoms with Crippen LogP contribution >= 0.6 is 11.8 Å². The molecular weight excluding hydrogens is 184 g/mol. The molecule has 1 aromatic rings. The van der Waals surface area contributed by atoms with Crippen LogP contribution in [0, 0.1) is 13.8 Å². The average Bonchev–Trinajstić information content (AvgIpc) is 2.11. The van der Waals surface area contributed by atoms with E-state index in [0.717, 1.165) is 21.8 Å². The number of methoxy groups -OCH3 is 1. The quantitative estimate of drug-likeness (QED) is 0.597. The van der Waals surface area contributed by atoms with Gasteiger partial charge in [-0.2, -0.15) is 0 Å². The van der Waals surface area contributed by atoms with E-state index in [2.05, 4.69) is 0 Å². The first-order valence-corrected chi connectivity index (χ1v) is 5.06. The second-order valence-electron chi connectivity index (χ2n) is 2.86. The Kier molecular flexibility index (Phi) is 3.63. The highest BCUT2D eigenvalue weighted by molar-refractivity contribution is 7.99. The second-order valence-corrected chi connectivity index (χ2v) is 3.85. The van der Waals surface area contributed by atoms with E-state index in [0.29, 0.717) is 0 Å². The summed E-state index contributed by atoms with van der Waals surface area (Å²) in [6.07, 6.45) is 0. The molecule has 0 unspecified atom stereocenters. The summed E-state index contributed by atoms with van der Waals surface area (Å²) in [5.41, 5.74) is 2.24. The molecule has 0 radical (unpaired) electrons. The fraction of sp³-hybridized carbons (Fsp3) is 0.400. The molecular formula is C10H14O2S. The van der Waals surface area contributed by atoms with Crippen molar-refractivity contribution in [3.63, 3.8) is 0 Å². The van der Waals surface area contributed by atoms with Crippen molar-refractivity contribution in [1.82, 2.24) is 0 Å². The predicted molar refractivity (Wildman–Crippen MR) is 55.4 cm³/mol. The number of hydrogen-bond donors (Lipinski definition) is 1. The van der Waals surface area contributed by atoms with Gasteiger partial charge in [0.1, 0.15) is 5.75 Å². The molecule has 0 amide bonds. The zero-order chi connectivity index (χ0) is 9.84. The highest BCUT2D eigenvalue weighted by Crippen LogP contribution is 2.28. The molecule has 2 nitrogen and oxygen atoms in total. The van der Waals surface area contributed by atoms with E-state index in [1.807, 2.05) is 26.0 Å². The van der Waals surface area contributed by atoms with E-state index in [9.17, 15) is 0 Å². The first kappa shape index (κ1) is 10.4. The monoisotopic (exact) mass is 198 g/mol. The van der Waals surface area contributed by atoms with Crippen LogP contribution in [0.1, 0.15) is 11.1 Å². The van der Waals surface area contributed by atoms with Gasteiger partial charge in [0.05, 0.1) is 13.0 Å². The smallest absolute Gasteiger partial charge is 0.122 e. The van der Waals surface area contributed by atoms with Gasteiger partial charge in [-0.1, -0.05) is 11.8 Å². The molecule has 0 aliphatic rings. The third kappa shape index (κ3) is 2.39. The molecule has 13 heavy (non-hydrogen) atoms. The predicted octanol–water partition coefficient (Wildman–Crippen LogP) is 2.35. The lowest BCUT2D eigenvalue weighted by molar-refractivity contribution is 0.375. The van der Waals surface area contributed by atoms with Crippen LogP contribution in [-0.4, -0.2) is 18.2 Å². The fourth-order valence-corrected chi connectivity index (χ4v) is 1.89. The minimum atomic E-state index is 0.118. The zero-order valence-corrected chi connectivity index (χ0v) is 8.94. The molecule has 0 spiro atoms. The number of rotatable bonds is 3. The first-order chi connectivity index (χ1) is 6.19. The summed E-state index contributed by atoms with van der Waals surface area (Å²) in [5, 5.41) is 8.79. The Morgan fingerprint density at radius 3 is 2.54 bits per heavy atom. The largest absolute Gasteiger partial charge is 0.496 e. The zero-order valence-electron chi connectivity index (χ0n) is 8.13. The molecule has 0 atom stereocenters. The number of aryl methyl sites for hydroxylation is 2. The van der Waals surface area contributed by atoms with Gasteiger partial charge in [0.2, 0.25) is 0 Å². The van der Waals surface area contributed by atoms with Gasteiger partial charge in [0.15, 0.2) is 0 Å². The summed E-state index contributed by atoms with van der Waals surface area (Å²) in [5.74, 6) is 1.02. The van der Waals surface area contributed by atoms with Gasteiger partial charge in [-0.3, -0.25) is 0 Å². The van der Waals surface area contributed by atoms with E-state index >= 15 is 0 Å². The number of hydrogen-bond acceptors (Lipinski definition) is 3. The van der Waals surface area contributed by atoms with Crippen LogP contribution in [0.3, 0.4) is 0 Å². The molecule has 0 aromatic heterocycles. The van der Waals surface area contributed by atoms with Crippen LogP contribution in [0.4, 0.5) is 0 Å². The Morgan fingerprint density at radius 1 is 1.31 bits per heavy atom. The Balaban J connectivity index is 3.05. The fourth-order valence-electron chi connectivity index (χ4n) is 1.21. The maximum atomic E-state index is 8.79. The molecule has 0 aliphatic carbocycles. The molecule has 72 valence electrons. The number of thioether (sulfide) groups is 1. The summed E-state index contributed by atoms with van der Waals surface area (Å²) in [7, 11) is 1.67. The molecule has 0 saturated carbocycles. The van der Waals surface area contributed by atoms with Crippen molar-refractivity contribution in [1.29, 1.82) is 0 Å². The van der Waals surface area contributed by atoms with Crippen molar-refractivity contribution in [3.8, 4) is 5.75 Å². The van der Waals surface area contributed by atoms with Gasteiger partial charge in [0.25, 0.3) is 0 Å². The molecule has 3 heteroatoms. The van der Waals surface area contributed by atoms with Crippen LogP contribution in [0.15, 0.2) is 17.0 Å². The standard InChI is InChI=1S/C10H14O2S/c1-7-5-10(13-6-11)8(2)4-9(7)12-3/h4-5,11H,6H2,1-3H3. The lowest BCUT2D eigenvalue weighted by Gasteiger charge is -2.09. The van der Waals surface area contributed by atoms with E-state index < -0.39 is 0 Å². The van der Waals surface area contributed by atoms with Crippen LogP contribution in [0.2, 0.25) is 0 Å². The highest BCUT2D eigenvalue weighted by Gasteiger charge is 2.04. The van der Waals surface area contributed by atoms with Gasteiger partial charge in [0, 0.05) is 4.90 Å². The Morgan fingerprint density at radius 2 is 2.00 bits per heavy atom. The van der Waals surface area contributed by atoms with Crippen molar-refractivity contribution in [2.75, 3.05) is 13.0 Å². The highest BCUT2D eigenvalue weighted by atomic mass is 32.2. The molecule has 0 bridgehead atoms. The molecule has 1 rings (SSSR count). The van der Waals surface area contributed by atoms with Crippen molar-refractivity contribution >= 4 is 11.8 Å². The molecule has 0 aliphatic heterocycles. The maximum absolute atomic E-state index is 8.79. The lowest BCUT2D eigenvalue weighted by Crippen LogP contribution is -1.90. The minimum absolute atomic E-state index is 0.118. The van der Waals surface area contributed by atoms with E-state index in [1.165, 1.54) is 11.8 Å². The van der Waals surface area contributed by atoms with E-state index in [-0.39, 0.29) is 5.94 Å². The Bertz CT molecular complexity index is 297. The van der Waals surface area contributed by atoms with Crippen molar-refractivity contribution in [2.24, 2.45) is 0 Å². The number of benzene rings is 1. The SMILES string of the molecule is COc1cc(C)c(SCO)cc1C. The van der Waals surface area contributed by atoms with Crippen molar-refractivity contribution in [2.45, 2.75) is 18.7 Å². The number of aliphatic hydroxyl groups is 1. The number of aliphatic hydroxyl groups excluding tert-OH is 1. The summed E-state index contributed by atoms with van der Waals surface area (Å²) < 4.78 is 5.19. The van der Waals surface area contributed by atoms with Gasteiger partial charge in [-0.05, 0) is 37.1 Å². The van der Waals surface area contributed by atoms with Gasteiger partial charge in [-0.15, -0.1) is 0 Å². The van der Waals surface area contributed by atoms with Gasteiger partial charge in [-0.25, -0.2) is 0 Å². The van der Waals surface area contributed by atoms with Gasteiger partial charge < -0.3 is 9.84 Å². The van der Waals surface area contributed by atoms with Crippen LogP contribution < -0.4 is 4.74 Å². The molecule has 1 aromatic carbocycles. The normalized spacial score (nSPS) is 10.2. The van der Waals surface area contributed by atoms with Crippen LogP contribution in [-0.2, 0) is 0 Å². The summed E-state index contributed by atoms with van der Waals surface area (Å²) >= 11 is 1.44. The average molecular weight is 198 g/mol. The topological polar surface area (TPSA) is 29.5 Å². The molecule has 0 saturated heterocycles. The van der Waals surface area contributed by atoms with Gasteiger partial charge >= 0.3 is 0 Å². The summed E-state index contributed by atoms with van der Waals surface area (Å²) in [4.78, 5) is 1.11. The number of ether oxygens (including phenoxy) is 1.